The van der Waals surface area contributed by atoms with E-state index in [2.05, 4.69) is 5.32 Å². The zero-order valence-electron chi connectivity index (χ0n) is 9.97. The van der Waals surface area contributed by atoms with E-state index in [4.69, 9.17) is 9.84 Å². The highest BCUT2D eigenvalue weighted by Gasteiger charge is 2.37. The van der Waals surface area contributed by atoms with E-state index in [1.165, 1.54) is 0 Å². The van der Waals surface area contributed by atoms with Crippen LogP contribution in [0.3, 0.4) is 0 Å². The lowest BCUT2D eigenvalue weighted by molar-refractivity contribution is -0.142. The molecule has 0 saturated heterocycles. The molecule has 5 nitrogen and oxygen atoms in total. The molecule has 0 radical (unpaired) electrons. The normalized spacial score (nSPS) is 26.8. The lowest BCUT2D eigenvalue weighted by atomic mass is 9.82. The molecule has 5 heteroatoms. The quantitative estimate of drug-likeness (QED) is 0.741. The van der Waals surface area contributed by atoms with Crippen LogP contribution in [0, 0.1) is 5.92 Å². The van der Waals surface area contributed by atoms with Crippen molar-refractivity contribution >= 4 is 11.9 Å². The summed E-state index contributed by atoms with van der Waals surface area (Å²) in [5.41, 5.74) is -0.908. The summed E-state index contributed by atoms with van der Waals surface area (Å²) in [5, 5.41) is 11.8. The van der Waals surface area contributed by atoms with Crippen molar-refractivity contribution in [1.29, 1.82) is 0 Å². The number of carboxylic acid groups (broad SMARTS) is 1. The molecule has 2 atom stereocenters. The Balaban J connectivity index is 2.71. The zero-order chi connectivity index (χ0) is 12.9. The predicted molar refractivity (Wildman–Crippen MR) is 62.4 cm³/mol. The van der Waals surface area contributed by atoms with E-state index >= 15 is 0 Å². The number of carboxylic acids is 1. The molecule has 1 aliphatic rings. The Kier molecular flexibility index (Phi) is 4.45. The predicted octanol–water partition coefficient (Wildman–Crippen LogP) is 0.725. The molecule has 94 valence electrons. The summed E-state index contributed by atoms with van der Waals surface area (Å²) >= 11 is 0. The van der Waals surface area contributed by atoms with Gasteiger partial charge in [0, 0.05) is 6.61 Å². The van der Waals surface area contributed by atoms with Gasteiger partial charge in [-0.2, -0.15) is 0 Å². The van der Waals surface area contributed by atoms with Crippen molar-refractivity contribution in [3.05, 3.63) is 24.3 Å². The van der Waals surface area contributed by atoms with Crippen LogP contribution in [-0.2, 0) is 14.3 Å². The topological polar surface area (TPSA) is 75.6 Å². The molecule has 0 aromatic carbocycles. The Bertz CT molecular complexity index is 362. The lowest BCUT2D eigenvalue weighted by Gasteiger charge is -2.33. The van der Waals surface area contributed by atoms with E-state index in [0.29, 0.717) is 6.61 Å². The van der Waals surface area contributed by atoms with Crippen molar-refractivity contribution in [2.45, 2.75) is 19.4 Å². The average Bonchev–Trinajstić information content (AvgIpc) is 2.26. The fourth-order valence-electron chi connectivity index (χ4n) is 1.72. The van der Waals surface area contributed by atoms with Crippen LogP contribution < -0.4 is 5.32 Å². The van der Waals surface area contributed by atoms with E-state index in [9.17, 15) is 9.59 Å². The smallest absolute Gasteiger partial charge is 0.313 e. The third kappa shape index (κ3) is 3.42. The summed E-state index contributed by atoms with van der Waals surface area (Å²) < 4.78 is 4.98. The minimum atomic E-state index is -0.968. The van der Waals surface area contributed by atoms with Crippen molar-refractivity contribution in [3.63, 3.8) is 0 Å². The molecule has 0 aromatic rings. The summed E-state index contributed by atoms with van der Waals surface area (Å²) in [6.07, 6.45) is 6.62. The molecule has 1 aliphatic carbocycles. The number of ether oxygens (including phenoxy) is 1. The van der Waals surface area contributed by atoms with Gasteiger partial charge in [-0.15, -0.1) is 0 Å². The highest BCUT2D eigenvalue weighted by atomic mass is 16.5. The fraction of sp³-hybridized carbons (Fsp3) is 0.500. The molecule has 1 amide bonds. The van der Waals surface area contributed by atoms with Crippen LogP contribution in [0.2, 0.25) is 0 Å². The van der Waals surface area contributed by atoms with Crippen LogP contribution in [0.25, 0.3) is 0 Å². The van der Waals surface area contributed by atoms with Crippen molar-refractivity contribution in [2.24, 2.45) is 5.92 Å². The molecule has 0 spiro atoms. The number of carbonyl (C=O) groups is 2. The Morgan fingerprint density at radius 1 is 1.47 bits per heavy atom. The second kappa shape index (κ2) is 5.63. The van der Waals surface area contributed by atoms with Gasteiger partial charge in [-0.1, -0.05) is 24.3 Å². The average molecular weight is 239 g/mol. The zero-order valence-corrected chi connectivity index (χ0v) is 9.97. The van der Waals surface area contributed by atoms with Crippen LogP contribution in [0.1, 0.15) is 13.8 Å². The van der Waals surface area contributed by atoms with E-state index < -0.39 is 17.4 Å². The molecular formula is C12H17NO4. The first-order chi connectivity index (χ1) is 7.99. The molecular weight excluding hydrogens is 222 g/mol. The van der Waals surface area contributed by atoms with E-state index in [-0.39, 0.29) is 12.5 Å². The molecule has 0 aliphatic heterocycles. The van der Waals surface area contributed by atoms with Crippen molar-refractivity contribution in [2.75, 3.05) is 13.2 Å². The SMILES string of the molecule is CCOCC(=O)NC1(C)C=CC=CC1C(=O)O. The molecule has 2 N–H and O–H groups in total. The highest BCUT2D eigenvalue weighted by molar-refractivity contribution is 5.81. The second-order valence-electron chi connectivity index (χ2n) is 4.03. The largest absolute Gasteiger partial charge is 0.481 e. The number of hydrogen-bond donors (Lipinski definition) is 2. The van der Waals surface area contributed by atoms with E-state index in [1.807, 2.05) is 0 Å². The van der Waals surface area contributed by atoms with Crippen molar-refractivity contribution < 1.29 is 19.4 Å². The molecule has 0 fully saturated rings. The van der Waals surface area contributed by atoms with Crippen molar-refractivity contribution in [1.82, 2.24) is 5.32 Å². The summed E-state index contributed by atoms with van der Waals surface area (Å²) in [4.78, 5) is 22.7. The summed E-state index contributed by atoms with van der Waals surface area (Å²) in [6, 6.07) is 0. The standard InChI is InChI=1S/C12H17NO4/c1-3-17-8-10(14)13-12(2)7-5-4-6-9(12)11(15)16/h4-7,9H,3,8H2,1-2H3,(H,13,14)(H,15,16). The Labute approximate surface area is 100 Å². The van der Waals surface area contributed by atoms with Crippen LogP contribution in [-0.4, -0.2) is 35.7 Å². The number of carbonyl (C=O) groups excluding carboxylic acids is 1. The van der Waals surface area contributed by atoms with Gasteiger partial charge in [-0.05, 0) is 13.8 Å². The Hall–Kier alpha value is -1.62. The third-order valence-corrected chi connectivity index (χ3v) is 2.62. The number of amides is 1. The molecule has 0 bridgehead atoms. The van der Waals surface area contributed by atoms with Gasteiger partial charge in [0.1, 0.15) is 12.5 Å². The van der Waals surface area contributed by atoms with Gasteiger partial charge >= 0.3 is 5.97 Å². The summed E-state index contributed by atoms with van der Waals surface area (Å²) in [6.45, 7) is 3.85. The highest BCUT2D eigenvalue weighted by Crippen LogP contribution is 2.24. The molecule has 0 aromatic heterocycles. The first-order valence-electron chi connectivity index (χ1n) is 5.47. The first kappa shape index (κ1) is 13.4. The Morgan fingerprint density at radius 2 is 2.18 bits per heavy atom. The van der Waals surface area contributed by atoms with E-state index in [1.54, 1.807) is 38.2 Å². The van der Waals surface area contributed by atoms with Crippen molar-refractivity contribution in [3.8, 4) is 0 Å². The monoisotopic (exact) mass is 239 g/mol. The lowest BCUT2D eigenvalue weighted by Crippen LogP contribution is -2.53. The summed E-state index contributed by atoms with van der Waals surface area (Å²) in [5.74, 6) is -2.05. The number of rotatable bonds is 5. The minimum Gasteiger partial charge on any atom is -0.481 e. The second-order valence-corrected chi connectivity index (χ2v) is 4.03. The van der Waals surface area contributed by atoms with Gasteiger partial charge in [0.05, 0.1) is 5.54 Å². The van der Waals surface area contributed by atoms with E-state index in [0.717, 1.165) is 0 Å². The number of nitrogens with one attached hydrogen (secondary N) is 1. The molecule has 2 unspecified atom stereocenters. The van der Waals surface area contributed by atoms with Gasteiger partial charge < -0.3 is 15.2 Å². The molecule has 1 rings (SSSR count). The van der Waals surface area contributed by atoms with Gasteiger partial charge in [0.2, 0.25) is 5.91 Å². The van der Waals surface area contributed by atoms with Crippen LogP contribution >= 0.6 is 0 Å². The maximum atomic E-state index is 11.6. The van der Waals surface area contributed by atoms with Crippen LogP contribution in [0.15, 0.2) is 24.3 Å². The van der Waals surface area contributed by atoms with Gasteiger partial charge in [-0.3, -0.25) is 9.59 Å². The molecule has 0 saturated carbocycles. The number of allylic oxidation sites excluding steroid dienone is 2. The molecule has 0 heterocycles. The minimum absolute atomic E-state index is 0.0595. The summed E-state index contributed by atoms with van der Waals surface area (Å²) in [7, 11) is 0. The van der Waals surface area contributed by atoms with Gasteiger partial charge in [-0.25, -0.2) is 0 Å². The number of hydrogen-bond acceptors (Lipinski definition) is 3. The third-order valence-electron chi connectivity index (χ3n) is 2.62. The fourth-order valence-corrected chi connectivity index (χ4v) is 1.72. The first-order valence-corrected chi connectivity index (χ1v) is 5.47. The van der Waals surface area contributed by atoms with Crippen LogP contribution in [0.5, 0.6) is 0 Å². The van der Waals surface area contributed by atoms with Gasteiger partial charge in [0.25, 0.3) is 0 Å². The number of aliphatic carboxylic acids is 1. The maximum Gasteiger partial charge on any atom is 0.313 e. The molecule has 17 heavy (non-hydrogen) atoms. The van der Waals surface area contributed by atoms with Crippen LogP contribution in [0.4, 0.5) is 0 Å². The maximum absolute atomic E-state index is 11.6. The Morgan fingerprint density at radius 3 is 2.76 bits per heavy atom. The van der Waals surface area contributed by atoms with Gasteiger partial charge in [0.15, 0.2) is 0 Å².